The average molecular weight is 270 g/mol. The Hall–Kier alpha value is -2.50. The molecule has 1 saturated carbocycles. The molecule has 0 unspecified atom stereocenters. The second-order valence-corrected chi connectivity index (χ2v) is 4.77. The van der Waals surface area contributed by atoms with Crippen LogP contribution in [-0.4, -0.2) is 21.8 Å². The molecule has 0 atom stereocenters. The van der Waals surface area contributed by atoms with Gasteiger partial charge in [0.1, 0.15) is 0 Å². The van der Waals surface area contributed by atoms with Gasteiger partial charge < -0.3 is 0 Å². The van der Waals surface area contributed by atoms with Gasteiger partial charge in [0, 0.05) is 11.1 Å². The lowest BCUT2D eigenvalue weighted by Crippen LogP contribution is -2.23. The summed E-state index contributed by atoms with van der Waals surface area (Å²) in [6, 6.07) is 6.88. The number of amides is 1. The number of carbonyl (C=O) groups excluding carboxylic acids is 1. The molecule has 6 nitrogen and oxygen atoms in total. The Balaban J connectivity index is 1.93. The number of hydrogen-bond donors (Lipinski definition) is 2. The molecule has 0 bridgehead atoms. The molecule has 2 aromatic rings. The van der Waals surface area contributed by atoms with Gasteiger partial charge in [-0.1, -0.05) is 18.2 Å². The second kappa shape index (κ2) is 5.24. The molecule has 0 spiro atoms. The normalized spacial score (nSPS) is 14.5. The molecule has 1 aliphatic carbocycles. The van der Waals surface area contributed by atoms with Crippen LogP contribution in [0, 0.1) is 0 Å². The first kappa shape index (κ1) is 12.5. The van der Waals surface area contributed by atoms with E-state index in [1.54, 1.807) is 24.3 Å². The van der Waals surface area contributed by atoms with Crippen molar-refractivity contribution in [3.05, 3.63) is 40.3 Å². The first-order valence-electron chi connectivity index (χ1n) is 6.59. The van der Waals surface area contributed by atoms with Gasteiger partial charge in [-0.05, 0) is 31.7 Å². The molecule has 1 aromatic heterocycles. The first-order valence-corrected chi connectivity index (χ1v) is 6.59. The van der Waals surface area contributed by atoms with Crippen molar-refractivity contribution in [3.8, 4) is 0 Å². The maximum absolute atomic E-state index is 12.1. The number of aromatic nitrogens is 2. The van der Waals surface area contributed by atoms with E-state index in [0.29, 0.717) is 10.8 Å². The summed E-state index contributed by atoms with van der Waals surface area (Å²) >= 11 is 0. The van der Waals surface area contributed by atoms with E-state index in [1.807, 2.05) is 0 Å². The minimum Gasteiger partial charge on any atom is -0.267 e. The van der Waals surface area contributed by atoms with Crippen LogP contribution in [0.2, 0.25) is 0 Å². The summed E-state index contributed by atoms with van der Waals surface area (Å²) in [4.78, 5) is 23.8. The molecule has 0 radical (unpaired) electrons. The molecule has 1 amide bonds. The van der Waals surface area contributed by atoms with Crippen LogP contribution in [0.1, 0.15) is 36.2 Å². The molecule has 20 heavy (non-hydrogen) atoms. The van der Waals surface area contributed by atoms with E-state index in [0.717, 1.165) is 31.4 Å². The molecular weight excluding hydrogens is 256 g/mol. The maximum atomic E-state index is 12.1. The van der Waals surface area contributed by atoms with Gasteiger partial charge in [-0.25, -0.2) is 10.5 Å². The van der Waals surface area contributed by atoms with Crippen LogP contribution >= 0.6 is 0 Å². The summed E-state index contributed by atoms with van der Waals surface area (Å²) in [7, 11) is 0. The first-order chi connectivity index (χ1) is 9.75. The molecule has 0 aliphatic heterocycles. The van der Waals surface area contributed by atoms with Crippen molar-refractivity contribution in [2.24, 2.45) is 5.10 Å². The second-order valence-electron chi connectivity index (χ2n) is 4.77. The number of hydrazone groups is 1. The smallest absolute Gasteiger partial charge is 0.267 e. The monoisotopic (exact) mass is 270 g/mol. The number of rotatable bonds is 2. The van der Waals surface area contributed by atoms with E-state index >= 15 is 0 Å². The van der Waals surface area contributed by atoms with E-state index < -0.39 is 5.91 Å². The van der Waals surface area contributed by atoms with Gasteiger partial charge >= 0.3 is 0 Å². The number of H-pyrrole nitrogens is 1. The summed E-state index contributed by atoms with van der Waals surface area (Å²) in [5, 5.41) is 11.3. The fourth-order valence-corrected chi connectivity index (χ4v) is 2.37. The molecule has 1 aromatic carbocycles. The third-order valence-electron chi connectivity index (χ3n) is 3.41. The van der Waals surface area contributed by atoms with Crippen molar-refractivity contribution in [1.82, 2.24) is 15.6 Å². The van der Waals surface area contributed by atoms with Crippen LogP contribution in [0.3, 0.4) is 0 Å². The highest BCUT2D eigenvalue weighted by Gasteiger charge is 2.14. The third-order valence-corrected chi connectivity index (χ3v) is 3.41. The van der Waals surface area contributed by atoms with Crippen LogP contribution in [0.5, 0.6) is 0 Å². The van der Waals surface area contributed by atoms with E-state index in [1.165, 1.54) is 0 Å². The van der Waals surface area contributed by atoms with Crippen molar-refractivity contribution in [2.45, 2.75) is 25.7 Å². The van der Waals surface area contributed by atoms with Gasteiger partial charge in [-0.2, -0.15) is 10.2 Å². The molecule has 3 rings (SSSR count). The Morgan fingerprint density at radius 3 is 2.65 bits per heavy atom. The van der Waals surface area contributed by atoms with E-state index in [4.69, 9.17) is 0 Å². The molecule has 1 fully saturated rings. The lowest BCUT2D eigenvalue weighted by molar-refractivity contribution is 0.0950. The van der Waals surface area contributed by atoms with Crippen molar-refractivity contribution >= 4 is 22.4 Å². The highest BCUT2D eigenvalue weighted by atomic mass is 16.2. The predicted molar refractivity (Wildman–Crippen MR) is 75.7 cm³/mol. The Labute approximate surface area is 114 Å². The van der Waals surface area contributed by atoms with Crippen molar-refractivity contribution < 1.29 is 4.79 Å². The third kappa shape index (κ3) is 2.32. The van der Waals surface area contributed by atoms with E-state index in [-0.39, 0.29) is 11.3 Å². The highest BCUT2D eigenvalue weighted by Crippen LogP contribution is 2.15. The number of benzene rings is 1. The zero-order chi connectivity index (χ0) is 13.9. The Kier molecular flexibility index (Phi) is 3.28. The van der Waals surface area contributed by atoms with E-state index in [2.05, 4.69) is 20.7 Å². The minimum atomic E-state index is -0.406. The number of hydrogen-bond acceptors (Lipinski definition) is 4. The average Bonchev–Trinajstić information content (AvgIpc) is 2.99. The molecular formula is C14H14N4O2. The summed E-state index contributed by atoms with van der Waals surface area (Å²) < 4.78 is 0. The van der Waals surface area contributed by atoms with Crippen LogP contribution in [0.15, 0.2) is 34.2 Å². The zero-order valence-corrected chi connectivity index (χ0v) is 10.8. The summed E-state index contributed by atoms with van der Waals surface area (Å²) in [6.45, 7) is 0. The van der Waals surface area contributed by atoms with Crippen molar-refractivity contribution in [1.29, 1.82) is 0 Å². The van der Waals surface area contributed by atoms with Gasteiger partial charge in [-0.15, -0.1) is 0 Å². The summed E-state index contributed by atoms with van der Waals surface area (Å²) in [5.41, 5.74) is 3.40. The molecule has 1 aliphatic rings. The Morgan fingerprint density at radius 1 is 1.20 bits per heavy atom. The highest BCUT2D eigenvalue weighted by molar-refractivity contribution is 6.05. The summed E-state index contributed by atoms with van der Waals surface area (Å²) in [5.74, 6) is -0.406. The largest absolute Gasteiger partial charge is 0.292 e. The molecule has 102 valence electrons. The maximum Gasteiger partial charge on any atom is 0.292 e. The van der Waals surface area contributed by atoms with Crippen LogP contribution in [0.25, 0.3) is 10.8 Å². The molecule has 0 saturated heterocycles. The summed E-state index contributed by atoms with van der Waals surface area (Å²) in [6.07, 6.45) is 4.10. The van der Waals surface area contributed by atoms with Gasteiger partial charge in [0.2, 0.25) is 0 Å². The molecule has 1 heterocycles. The Bertz CT molecular complexity index is 740. The zero-order valence-electron chi connectivity index (χ0n) is 10.8. The van der Waals surface area contributed by atoms with Crippen molar-refractivity contribution in [3.63, 3.8) is 0 Å². The fourth-order valence-electron chi connectivity index (χ4n) is 2.37. The standard InChI is InChI=1S/C14H14N4O2/c19-13-11-8-4-3-7-10(11)12(16-17-13)14(20)18-15-9-5-1-2-6-9/h3-4,7-8H,1-2,5-6H2,(H,17,19)(H,18,20). The molecule has 2 N–H and O–H groups in total. The number of nitrogens with one attached hydrogen (secondary N) is 2. The quantitative estimate of drug-likeness (QED) is 0.812. The SMILES string of the molecule is O=C(NN=C1CCCC1)c1n[nH]c(=O)c2ccccc12. The van der Waals surface area contributed by atoms with Crippen LogP contribution in [0.4, 0.5) is 0 Å². The van der Waals surface area contributed by atoms with Gasteiger partial charge in [0.25, 0.3) is 11.5 Å². The number of carbonyl (C=O) groups is 1. The number of nitrogens with zero attached hydrogens (tertiary/aromatic N) is 2. The van der Waals surface area contributed by atoms with Crippen LogP contribution < -0.4 is 11.0 Å². The lowest BCUT2D eigenvalue weighted by Gasteiger charge is -2.03. The van der Waals surface area contributed by atoms with Gasteiger partial charge in [0.15, 0.2) is 5.69 Å². The van der Waals surface area contributed by atoms with E-state index in [9.17, 15) is 9.59 Å². The van der Waals surface area contributed by atoms with Gasteiger partial charge in [0.05, 0.1) is 5.39 Å². The number of fused-ring (bicyclic) bond motifs is 1. The Morgan fingerprint density at radius 2 is 1.90 bits per heavy atom. The molecule has 6 heteroatoms. The van der Waals surface area contributed by atoms with Crippen molar-refractivity contribution in [2.75, 3.05) is 0 Å². The van der Waals surface area contributed by atoms with Gasteiger partial charge in [-0.3, -0.25) is 9.59 Å². The van der Waals surface area contributed by atoms with Crippen LogP contribution in [-0.2, 0) is 0 Å². The minimum absolute atomic E-state index is 0.183. The number of aromatic amines is 1. The predicted octanol–water partition coefficient (Wildman–Crippen LogP) is 1.58. The lowest BCUT2D eigenvalue weighted by atomic mass is 10.1. The fraction of sp³-hybridized carbons (Fsp3) is 0.286. The topological polar surface area (TPSA) is 87.2 Å².